The Hall–Kier alpha value is -5.48. The van der Waals surface area contributed by atoms with Gasteiger partial charge in [0.1, 0.15) is 0 Å². The second-order valence-electron chi connectivity index (χ2n) is 12.2. The molecule has 47 heavy (non-hydrogen) atoms. The molecule has 3 heteroatoms. The molecule has 0 amide bonds. The molecule has 0 fully saturated rings. The molecule has 10 aromatic rings. The third kappa shape index (κ3) is 4.35. The van der Waals surface area contributed by atoms with Crippen LogP contribution in [0.2, 0.25) is 0 Å². The van der Waals surface area contributed by atoms with E-state index in [1.807, 2.05) is 22.7 Å². The van der Waals surface area contributed by atoms with Gasteiger partial charge in [-0.2, -0.15) is 0 Å². The Labute approximate surface area is 280 Å². The van der Waals surface area contributed by atoms with Crippen LogP contribution in [0.15, 0.2) is 164 Å². The summed E-state index contributed by atoms with van der Waals surface area (Å²) in [5, 5.41) is 10.3. The maximum absolute atomic E-state index is 2.41. The molecule has 0 atom stereocenters. The van der Waals surface area contributed by atoms with Crippen LogP contribution >= 0.6 is 22.7 Å². The van der Waals surface area contributed by atoms with Gasteiger partial charge in [-0.3, -0.25) is 0 Å². The van der Waals surface area contributed by atoms with E-state index in [1.54, 1.807) is 0 Å². The van der Waals surface area contributed by atoms with E-state index in [2.05, 4.69) is 169 Å². The van der Waals surface area contributed by atoms with Crippen LogP contribution in [-0.4, -0.2) is 0 Å². The molecule has 10 rings (SSSR count). The zero-order valence-corrected chi connectivity index (χ0v) is 27.0. The monoisotopic (exact) mass is 633 g/mol. The summed E-state index contributed by atoms with van der Waals surface area (Å²) >= 11 is 3.73. The van der Waals surface area contributed by atoms with Crippen LogP contribution < -0.4 is 4.90 Å². The first-order chi connectivity index (χ1) is 23.3. The molecule has 1 nitrogen and oxygen atoms in total. The van der Waals surface area contributed by atoms with E-state index >= 15 is 0 Å². The number of hydrogen-bond acceptors (Lipinski definition) is 3. The summed E-state index contributed by atoms with van der Waals surface area (Å²) in [6.45, 7) is 0. The fourth-order valence-corrected chi connectivity index (χ4v) is 9.36. The van der Waals surface area contributed by atoms with Gasteiger partial charge in [0.15, 0.2) is 0 Å². The highest BCUT2D eigenvalue weighted by atomic mass is 32.1. The molecule has 0 unspecified atom stereocenters. The van der Waals surface area contributed by atoms with Crippen LogP contribution in [0.3, 0.4) is 0 Å². The summed E-state index contributed by atoms with van der Waals surface area (Å²) in [5.41, 5.74) is 5.89. The Kier molecular flexibility index (Phi) is 5.98. The maximum Gasteiger partial charge on any atom is 0.0476 e. The number of nitrogens with zero attached hydrogens (tertiary/aromatic N) is 1. The van der Waals surface area contributed by atoms with Crippen molar-refractivity contribution in [1.82, 2.24) is 0 Å². The number of benzene rings is 8. The quantitative estimate of drug-likeness (QED) is 0.174. The van der Waals surface area contributed by atoms with Crippen LogP contribution in [0, 0.1) is 0 Å². The average molecular weight is 634 g/mol. The molecule has 0 saturated carbocycles. The lowest BCUT2D eigenvalue weighted by Gasteiger charge is -2.26. The molecular formula is C44H27NS2. The fourth-order valence-electron chi connectivity index (χ4n) is 7.14. The summed E-state index contributed by atoms with van der Waals surface area (Å²) in [7, 11) is 0. The highest BCUT2D eigenvalue weighted by molar-refractivity contribution is 7.26. The summed E-state index contributed by atoms with van der Waals surface area (Å²) in [4.78, 5) is 2.41. The molecule has 0 aliphatic carbocycles. The van der Waals surface area contributed by atoms with E-state index in [0.29, 0.717) is 0 Å². The third-order valence-corrected chi connectivity index (χ3v) is 11.7. The normalized spacial score (nSPS) is 11.8. The van der Waals surface area contributed by atoms with Crippen LogP contribution in [-0.2, 0) is 0 Å². The van der Waals surface area contributed by atoms with Crippen molar-refractivity contribution in [3.63, 3.8) is 0 Å². The van der Waals surface area contributed by atoms with Gasteiger partial charge in [0.05, 0.1) is 0 Å². The molecule has 220 valence electrons. The topological polar surface area (TPSA) is 3.24 Å². The SMILES string of the molecule is c1ccc2c(c1)ccc1ccc(N(c3ccc(-c4ccc5sc6ccccc6c5c4)cc3)c3ccc4c(c3)sc3ccccc34)cc12. The Balaban J connectivity index is 1.13. The molecule has 0 N–H and O–H groups in total. The van der Waals surface area contributed by atoms with E-state index in [-0.39, 0.29) is 0 Å². The van der Waals surface area contributed by atoms with E-state index in [1.165, 1.54) is 73.0 Å². The molecule has 0 radical (unpaired) electrons. The lowest BCUT2D eigenvalue weighted by atomic mass is 10.0. The molecule has 2 heterocycles. The van der Waals surface area contributed by atoms with Crippen LogP contribution in [0.1, 0.15) is 0 Å². The highest BCUT2D eigenvalue weighted by Crippen LogP contribution is 2.43. The maximum atomic E-state index is 2.41. The van der Waals surface area contributed by atoms with Crippen molar-refractivity contribution >= 4 is 102 Å². The number of fused-ring (bicyclic) bond motifs is 9. The van der Waals surface area contributed by atoms with Gasteiger partial charge in [-0.1, -0.05) is 103 Å². The predicted octanol–water partition coefficient (Wildman–Crippen LogP) is 13.9. The Morgan fingerprint density at radius 1 is 0.298 bits per heavy atom. The number of hydrogen-bond donors (Lipinski definition) is 0. The minimum absolute atomic E-state index is 1.14. The van der Waals surface area contributed by atoms with Gasteiger partial charge in [0.2, 0.25) is 0 Å². The van der Waals surface area contributed by atoms with Crippen LogP contribution in [0.4, 0.5) is 17.1 Å². The van der Waals surface area contributed by atoms with Gasteiger partial charge in [-0.05, 0) is 93.3 Å². The third-order valence-electron chi connectivity index (χ3n) is 9.44. The van der Waals surface area contributed by atoms with Gasteiger partial charge in [0, 0.05) is 57.4 Å². The van der Waals surface area contributed by atoms with Crippen molar-refractivity contribution in [3.8, 4) is 11.1 Å². The summed E-state index contributed by atoms with van der Waals surface area (Å²) < 4.78 is 5.29. The first-order valence-electron chi connectivity index (χ1n) is 15.9. The number of anilines is 3. The molecule has 0 spiro atoms. The second kappa shape index (κ2) is 10.5. The molecule has 0 saturated heterocycles. The molecule has 0 aliphatic heterocycles. The van der Waals surface area contributed by atoms with Gasteiger partial charge < -0.3 is 4.90 Å². The lowest BCUT2D eigenvalue weighted by molar-refractivity contribution is 1.30. The first-order valence-corrected chi connectivity index (χ1v) is 17.5. The largest absolute Gasteiger partial charge is 0.310 e. The van der Waals surface area contributed by atoms with Crippen molar-refractivity contribution < 1.29 is 0 Å². The van der Waals surface area contributed by atoms with Crippen LogP contribution in [0.25, 0.3) is 73.0 Å². The zero-order chi connectivity index (χ0) is 30.9. The van der Waals surface area contributed by atoms with E-state index < -0.39 is 0 Å². The lowest BCUT2D eigenvalue weighted by Crippen LogP contribution is -2.09. The van der Waals surface area contributed by atoms with Crippen LogP contribution in [0.5, 0.6) is 0 Å². The molecule has 2 aromatic heterocycles. The van der Waals surface area contributed by atoms with E-state index in [0.717, 1.165) is 17.1 Å². The average Bonchev–Trinajstić information content (AvgIpc) is 3.69. The Morgan fingerprint density at radius 2 is 0.830 bits per heavy atom. The minimum Gasteiger partial charge on any atom is -0.310 e. The number of thiophene rings is 2. The smallest absolute Gasteiger partial charge is 0.0476 e. The van der Waals surface area contributed by atoms with Crippen molar-refractivity contribution in [2.24, 2.45) is 0 Å². The van der Waals surface area contributed by atoms with Crippen molar-refractivity contribution in [2.75, 3.05) is 4.90 Å². The zero-order valence-electron chi connectivity index (χ0n) is 25.4. The van der Waals surface area contributed by atoms with Gasteiger partial charge in [-0.25, -0.2) is 0 Å². The van der Waals surface area contributed by atoms with Crippen molar-refractivity contribution in [2.45, 2.75) is 0 Å². The first kappa shape index (κ1) is 26.7. The van der Waals surface area contributed by atoms with Crippen molar-refractivity contribution in [1.29, 1.82) is 0 Å². The molecule has 0 bridgehead atoms. The highest BCUT2D eigenvalue weighted by Gasteiger charge is 2.16. The summed E-state index contributed by atoms with van der Waals surface area (Å²) in [5.74, 6) is 0. The van der Waals surface area contributed by atoms with Gasteiger partial charge in [-0.15, -0.1) is 22.7 Å². The van der Waals surface area contributed by atoms with Crippen molar-refractivity contribution in [3.05, 3.63) is 164 Å². The minimum atomic E-state index is 1.14. The summed E-state index contributed by atoms with van der Waals surface area (Å²) in [6, 6.07) is 60.3. The molecule has 0 aliphatic rings. The molecular weight excluding hydrogens is 607 g/mol. The molecule has 8 aromatic carbocycles. The fraction of sp³-hybridized carbons (Fsp3) is 0. The predicted molar refractivity (Wildman–Crippen MR) is 207 cm³/mol. The van der Waals surface area contributed by atoms with Gasteiger partial charge >= 0.3 is 0 Å². The Bertz CT molecular complexity index is 2800. The second-order valence-corrected chi connectivity index (χ2v) is 14.3. The Morgan fingerprint density at radius 3 is 1.64 bits per heavy atom. The standard InChI is InChI=1S/C44H27NS2/c1-2-8-35-29(7-1)13-14-30-17-21-33(26-39(30)35)45(34-22-23-38-36-9-3-5-11-41(36)47-44(38)27-34)32-19-15-28(16-20-32)31-18-24-43-40(25-31)37-10-4-6-12-42(37)46-43/h1-27H. The number of rotatable bonds is 4. The van der Waals surface area contributed by atoms with E-state index in [4.69, 9.17) is 0 Å². The van der Waals surface area contributed by atoms with E-state index in [9.17, 15) is 0 Å². The summed E-state index contributed by atoms with van der Waals surface area (Å²) in [6.07, 6.45) is 0. The van der Waals surface area contributed by atoms with Gasteiger partial charge in [0.25, 0.3) is 0 Å².